The minimum atomic E-state index is -1.39. The Morgan fingerprint density at radius 1 is 0.938 bits per heavy atom. The van der Waals surface area contributed by atoms with Crippen molar-refractivity contribution in [3.8, 4) is 0 Å². The van der Waals surface area contributed by atoms with Crippen molar-refractivity contribution in [2.24, 2.45) is 11.8 Å². The quantitative estimate of drug-likeness (QED) is 0.222. The van der Waals surface area contributed by atoms with Crippen LogP contribution in [-0.4, -0.2) is 70.6 Å². The van der Waals surface area contributed by atoms with Gasteiger partial charge in [-0.1, -0.05) is 27.7 Å². The van der Waals surface area contributed by atoms with Gasteiger partial charge in [0.05, 0.1) is 6.04 Å². The molecule has 1 heterocycles. The van der Waals surface area contributed by atoms with Gasteiger partial charge in [0, 0.05) is 6.42 Å². The monoisotopic (exact) mass is 456 g/mol. The molecule has 1 saturated heterocycles. The third kappa shape index (κ3) is 9.21. The number of hydrogen-bond donors (Lipinski definition) is 6. The number of carbonyl (C=O) groups is 5. The van der Waals surface area contributed by atoms with Crippen LogP contribution >= 0.6 is 0 Å². The highest BCUT2D eigenvalue weighted by Gasteiger charge is 2.33. The molecule has 0 radical (unpaired) electrons. The fourth-order valence-corrected chi connectivity index (χ4v) is 3.46. The van der Waals surface area contributed by atoms with Crippen molar-refractivity contribution >= 4 is 29.7 Å². The van der Waals surface area contributed by atoms with Gasteiger partial charge in [0.1, 0.15) is 18.1 Å². The van der Waals surface area contributed by atoms with Crippen molar-refractivity contribution in [2.45, 2.75) is 84.0 Å². The standard InChI is InChI=1S/C21H36N4O7/c1-11(2)10-15(19(29)23-14(21(31)32)7-8-16(26)27)24-20(30)17(12(3)4)25-18(28)13-6-5-9-22-13/h11-15,17,22H,5-10H2,1-4H3,(H,23,29)(H,24,30)(H,25,28)(H,26,27)(H,31,32). The number of rotatable bonds is 13. The fraction of sp³-hybridized carbons (Fsp3) is 0.762. The molecule has 32 heavy (non-hydrogen) atoms. The van der Waals surface area contributed by atoms with Crippen LogP contribution in [0.15, 0.2) is 0 Å². The van der Waals surface area contributed by atoms with Crippen LogP contribution in [0.5, 0.6) is 0 Å². The van der Waals surface area contributed by atoms with Crippen LogP contribution in [0.25, 0.3) is 0 Å². The summed E-state index contributed by atoms with van der Waals surface area (Å²) in [4.78, 5) is 60.3. The van der Waals surface area contributed by atoms with Gasteiger partial charge in [-0.3, -0.25) is 19.2 Å². The van der Waals surface area contributed by atoms with Crippen molar-refractivity contribution in [2.75, 3.05) is 6.54 Å². The van der Waals surface area contributed by atoms with Crippen LogP contribution in [0, 0.1) is 11.8 Å². The van der Waals surface area contributed by atoms with Gasteiger partial charge in [-0.05, 0) is 44.1 Å². The predicted octanol–water partition coefficient (Wildman–Crippen LogP) is -0.156. The lowest BCUT2D eigenvalue weighted by molar-refractivity contribution is -0.143. The molecule has 3 amide bonds. The number of carboxylic acid groups (broad SMARTS) is 2. The average Bonchev–Trinajstić information content (AvgIpc) is 3.22. The Bertz CT molecular complexity index is 690. The van der Waals surface area contributed by atoms with Crippen LogP contribution in [0.2, 0.25) is 0 Å². The van der Waals surface area contributed by atoms with Crippen LogP contribution in [0.1, 0.15) is 59.8 Å². The van der Waals surface area contributed by atoms with Gasteiger partial charge in [-0.2, -0.15) is 0 Å². The van der Waals surface area contributed by atoms with Crippen molar-refractivity contribution in [3.05, 3.63) is 0 Å². The minimum Gasteiger partial charge on any atom is -0.481 e. The molecule has 1 fully saturated rings. The molecule has 4 atom stereocenters. The van der Waals surface area contributed by atoms with E-state index in [2.05, 4.69) is 21.3 Å². The van der Waals surface area contributed by atoms with Crippen LogP contribution in [-0.2, 0) is 24.0 Å². The largest absolute Gasteiger partial charge is 0.481 e. The second-order valence-electron chi connectivity index (χ2n) is 8.90. The van der Waals surface area contributed by atoms with Crippen molar-refractivity contribution in [1.82, 2.24) is 21.3 Å². The van der Waals surface area contributed by atoms with E-state index in [1.165, 1.54) is 0 Å². The summed E-state index contributed by atoms with van der Waals surface area (Å²) in [6, 6.07) is -3.64. The van der Waals surface area contributed by atoms with E-state index >= 15 is 0 Å². The van der Waals surface area contributed by atoms with Crippen LogP contribution in [0.3, 0.4) is 0 Å². The Morgan fingerprint density at radius 3 is 2.03 bits per heavy atom. The molecule has 0 aromatic heterocycles. The maximum Gasteiger partial charge on any atom is 0.326 e. The van der Waals surface area contributed by atoms with Gasteiger partial charge in [0.2, 0.25) is 17.7 Å². The Balaban J connectivity index is 2.88. The van der Waals surface area contributed by atoms with E-state index in [9.17, 15) is 29.1 Å². The lowest BCUT2D eigenvalue weighted by Gasteiger charge is -2.27. The predicted molar refractivity (Wildman–Crippen MR) is 116 cm³/mol. The number of carbonyl (C=O) groups excluding carboxylic acids is 3. The number of carboxylic acids is 2. The highest BCUT2D eigenvalue weighted by atomic mass is 16.4. The smallest absolute Gasteiger partial charge is 0.326 e. The lowest BCUT2D eigenvalue weighted by atomic mass is 9.99. The first-order valence-corrected chi connectivity index (χ1v) is 11.0. The van der Waals surface area contributed by atoms with E-state index in [0.717, 1.165) is 13.0 Å². The van der Waals surface area contributed by atoms with Crippen molar-refractivity contribution in [3.63, 3.8) is 0 Å². The van der Waals surface area contributed by atoms with Crippen molar-refractivity contribution in [1.29, 1.82) is 0 Å². The fourth-order valence-electron chi connectivity index (χ4n) is 3.46. The minimum absolute atomic E-state index is 0.00290. The van der Waals surface area contributed by atoms with Crippen molar-refractivity contribution < 1.29 is 34.2 Å². The molecular formula is C21H36N4O7. The highest BCUT2D eigenvalue weighted by molar-refractivity contribution is 5.94. The molecule has 0 aromatic rings. The Labute approximate surface area is 188 Å². The lowest BCUT2D eigenvalue weighted by Crippen LogP contribution is -2.58. The molecule has 1 rings (SSSR count). The molecule has 11 heteroatoms. The molecule has 0 aromatic carbocycles. The zero-order valence-electron chi connectivity index (χ0n) is 19.1. The first kappa shape index (κ1) is 27.3. The molecular weight excluding hydrogens is 420 g/mol. The molecule has 11 nitrogen and oxygen atoms in total. The maximum absolute atomic E-state index is 12.9. The van der Waals surface area contributed by atoms with Crippen LogP contribution < -0.4 is 21.3 Å². The second-order valence-corrected chi connectivity index (χ2v) is 8.90. The van der Waals surface area contributed by atoms with E-state index < -0.39 is 48.3 Å². The van der Waals surface area contributed by atoms with Gasteiger partial charge in [0.25, 0.3) is 0 Å². The second kappa shape index (κ2) is 13.0. The summed E-state index contributed by atoms with van der Waals surface area (Å²) in [7, 11) is 0. The summed E-state index contributed by atoms with van der Waals surface area (Å²) in [5.41, 5.74) is 0. The zero-order valence-corrected chi connectivity index (χ0v) is 19.1. The summed E-state index contributed by atoms with van der Waals surface area (Å²) in [6.45, 7) is 7.98. The summed E-state index contributed by atoms with van der Waals surface area (Å²) >= 11 is 0. The number of amides is 3. The summed E-state index contributed by atoms with van der Waals surface area (Å²) in [5.74, 6) is -4.30. The average molecular weight is 457 g/mol. The third-order valence-electron chi connectivity index (χ3n) is 5.23. The highest BCUT2D eigenvalue weighted by Crippen LogP contribution is 2.11. The zero-order chi connectivity index (χ0) is 24.4. The molecule has 0 bridgehead atoms. The molecule has 6 N–H and O–H groups in total. The van der Waals surface area contributed by atoms with Gasteiger partial charge in [-0.25, -0.2) is 4.79 Å². The summed E-state index contributed by atoms with van der Waals surface area (Å²) in [5, 5.41) is 28.9. The Kier molecular flexibility index (Phi) is 11.1. The number of nitrogens with one attached hydrogen (secondary N) is 4. The molecule has 182 valence electrons. The summed E-state index contributed by atoms with van der Waals surface area (Å²) < 4.78 is 0. The number of aliphatic carboxylic acids is 2. The normalized spacial score (nSPS) is 18.6. The maximum atomic E-state index is 12.9. The first-order chi connectivity index (χ1) is 14.9. The van der Waals surface area contributed by atoms with E-state index in [1.807, 2.05) is 13.8 Å². The molecule has 0 aliphatic carbocycles. The molecule has 1 aliphatic heterocycles. The van der Waals surface area contributed by atoms with E-state index in [1.54, 1.807) is 13.8 Å². The van der Waals surface area contributed by atoms with Gasteiger partial charge in [-0.15, -0.1) is 0 Å². The van der Waals surface area contributed by atoms with Gasteiger partial charge < -0.3 is 31.5 Å². The van der Waals surface area contributed by atoms with Crippen LogP contribution in [0.4, 0.5) is 0 Å². The number of hydrogen-bond acceptors (Lipinski definition) is 6. The first-order valence-electron chi connectivity index (χ1n) is 11.0. The van der Waals surface area contributed by atoms with Gasteiger partial charge >= 0.3 is 11.9 Å². The Hall–Kier alpha value is -2.69. The molecule has 4 unspecified atom stereocenters. The molecule has 0 spiro atoms. The molecule has 1 aliphatic rings. The topological polar surface area (TPSA) is 174 Å². The molecule has 0 saturated carbocycles. The van der Waals surface area contributed by atoms with E-state index in [-0.39, 0.29) is 36.6 Å². The van der Waals surface area contributed by atoms with E-state index in [4.69, 9.17) is 5.11 Å². The summed E-state index contributed by atoms with van der Waals surface area (Å²) in [6.07, 6.45) is 1.10. The third-order valence-corrected chi connectivity index (χ3v) is 5.23. The van der Waals surface area contributed by atoms with Gasteiger partial charge in [0.15, 0.2) is 0 Å². The SMILES string of the molecule is CC(C)CC(NC(=O)C(NC(=O)C1CCCN1)C(C)C)C(=O)NC(CCC(=O)O)C(=O)O. The Morgan fingerprint density at radius 2 is 1.56 bits per heavy atom. The van der Waals surface area contributed by atoms with E-state index in [0.29, 0.717) is 6.42 Å².